The van der Waals surface area contributed by atoms with Gasteiger partial charge in [0.2, 0.25) is 0 Å². The first-order chi connectivity index (χ1) is 4.84. The van der Waals surface area contributed by atoms with E-state index in [1.165, 1.54) is 12.8 Å². The molecule has 0 aromatic carbocycles. The van der Waals surface area contributed by atoms with Gasteiger partial charge in [-0.25, -0.2) is 0 Å². The second-order valence-electron chi connectivity index (χ2n) is 2.44. The average Bonchev–Trinajstić information content (AvgIpc) is 1.94. The summed E-state index contributed by atoms with van der Waals surface area (Å²) in [6.07, 6.45) is 7.02. The number of alkyl halides is 1. The molecule has 0 bridgehead atoms. The molecule has 10 heavy (non-hydrogen) atoms. The molecule has 2 atom stereocenters. The summed E-state index contributed by atoms with van der Waals surface area (Å²) in [5, 5.41) is 0. The fourth-order valence-corrected chi connectivity index (χ4v) is 1.72. The Kier molecular flexibility index (Phi) is 3.43. The van der Waals surface area contributed by atoms with Crippen molar-refractivity contribution < 1.29 is 4.74 Å². The summed E-state index contributed by atoms with van der Waals surface area (Å²) in [5.74, 6) is 0. The Hall–Kier alpha value is 0.180. The van der Waals surface area contributed by atoms with E-state index in [2.05, 4.69) is 28.1 Å². The van der Waals surface area contributed by atoms with Crippen LogP contribution in [-0.2, 0) is 4.74 Å². The minimum Gasteiger partial charge on any atom is -0.373 e. The molecular formula is C8H13BrO. The normalized spacial score (nSPS) is 32.6. The number of rotatable bonds is 2. The number of ether oxygens (including phenoxy) is 1. The Labute approximate surface area is 70.6 Å². The lowest BCUT2D eigenvalue weighted by Crippen LogP contribution is -2.24. The van der Waals surface area contributed by atoms with Crippen LogP contribution >= 0.6 is 15.9 Å². The minimum absolute atomic E-state index is 0.304. The summed E-state index contributed by atoms with van der Waals surface area (Å²) in [4.78, 5) is 0.525. The highest BCUT2D eigenvalue weighted by Crippen LogP contribution is 2.21. The van der Waals surface area contributed by atoms with Crippen LogP contribution in [0.4, 0.5) is 0 Å². The third-order valence-electron chi connectivity index (χ3n) is 1.65. The van der Waals surface area contributed by atoms with Gasteiger partial charge in [0.15, 0.2) is 0 Å². The van der Waals surface area contributed by atoms with Gasteiger partial charge in [0, 0.05) is 11.4 Å². The Morgan fingerprint density at radius 2 is 2.50 bits per heavy atom. The summed E-state index contributed by atoms with van der Waals surface area (Å²) < 4.78 is 5.46. The standard InChI is InChI=1S/C8H13BrO/c1-2-10-8-6-4-3-5-7(8)9/h4,6-8H,2-3,5H2,1H3. The molecule has 1 aliphatic carbocycles. The maximum atomic E-state index is 5.46. The molecule has 0 saturated carbocycles. The smallest absolute Gasteiger partial charge is 0.0880 e. The zero-order valence-corrected chi connectivity index (χ0v) is 7.80. The molecule has 0 aromatic heterocycles. The van der Waals surface area contributed by atoms with E-state index in [0.29, 0.717) is 10.9 Å². The zero-order chi connectivity index (χ0) is 7.40. The minimum atomic E-state index is 0.304. The summed E-state index contributed by atoms with van der Waals surface area (Å²) >= 11 is 3.58. The maximum absolute atomic E-state index is 5.46. The maximum Gasteiger partial charge on any atom is 0.0880 e. The molecule has 2 heteroatoms. The van der Waals surface area contributed by atoms with Crippen molar-refractivity contribution in [1.82, 2.24) is 0 Å². The Morgan fingerprint density at radius 3 is 3.10 bits per heavy atom. The van der Waals surface area contributed by atoms with Gasteiger partial charge in [0.25, 0.3) is 0 Å². The Balaban J connectivity index is 2.39. The van der Waals surface area contributed by atoms with E-state index < -0.39 is 0 Å². The molecule has 0 heterocycles. The van der Waals surface area contributed by atoms with Gasteiger partial charge < -0.3 is 4.74 Å². The highest BCUT2D eigenvalue weighted by atomic mass is 79.9. The van der Waals surface area contributed by atoms with Crippen molar-refractivity contribution in [1.29, 1.82) is 0 Å². The lowest BCUT2D eigenvalue weighted by Gasteiger charge is -2.21. The van der Waals surface area contributed by atoms with E-state index in [4.69, 9.17) is 4.74 Å². The zero-order valence-electron chi connectivity index (χ0n) is 6.22. The fraction of sp³-hybridized carbons (Fsp3) is 0.750. The average molecular weight is 205 g/mol. The van der Waals surface area contributed by atoms with Crippen LogP contribution in [-0.4, -0.2) is 17.5 Å². The quantitative estimate of drug-likeness (QED) is 0.497. The molecule has 1 rings (SSSR count). The summed E-state index contributed by atoms with van der Waals surface area (Å²) in [5.41, 5.74) is 0. The first kappa shape index (κ1) is 8.28. The molecule has 0 aliphatic heterocycles. The van der Waals surface area contributed by atoms with Gasteiger partial charge in [-0.1, -0.05) is 28.1 Å². The third kappa shape index (κ3) is 2.10. The SMILES string of the molecule is CCOC1C=CCCC1Br. The second-order valence-corrected chi connectivity index (χ2v) is 3.62. The highest BCUT2D eigenvalue weighted by molar-refractivity contribution is 9.09. The molecule has 1 nitrogen and oxygen atoms in total. The molecule has 0 amide bonds. The molecular weight excluding hydrogens is 192 g/mol. The van der Waals surface area contributed by atoms with Crippen molar-refractivity contribution in [3.8, 4) is 0 Å². The molecule has 0 N–H and O–H groups in total. The van der Waals surface area contributed by atoms with Crippen LogP contribution in [0.2, 0.25) is 0 Å². The summed E-state index contributed by atoms with van der Waals surface area (Å²) in [6, 6.07) is 0. The molecule has 58 valence electrons. The number of halogens is 1. The van der Waals surface area contributed by atoms with Gasteiger partial charge in [0.1, 0.15) is 0 Å². The molecule has 2 unspecified atom stereocenters. The van der Waals surface area contributed by atoms with Crippen molar-refractivity contribution in [3.05, 3.63) is 12.2 Å². The number of hydrogen-bond donors (Lipinski definition) is 0. The van der Waals surface area contributed by atoms with E-state index in [1.807, 2.05) is 6.92 Å². The van der Waals surface area contributed by atoms with Gasteiger partial charge in [-0.2, -0.15) is 0 Å². The highest BCUT2D eigenvalue weighted by Gasteiger charge is 2.17. The van der Waals surface area contributed by atoms with Gasteiger partial charge >= 0.3 is 0 Å². The molecule has 1 aliphatic rings. The Morgan fingerprint density at radius 1 is 1.70 bits per heavy atom. The topological polar surface area (TPSA) is 9.23 Å². The van der Waals surface area contributed by atoms with Crippen LogP contribution in [0.15, 0.2) is 12.2 Å². The fourth-order valence-electron chi connectivity index (χ4n) is 1.12. The van der Waals surface area contributed by atoms with Crippen LogP contribution in [0.3, 0.4) is 0 Å². The predicted octanol–water partition coefficient (Wildman–Crippen LogP) is 2.51. The van der Waals surface area contributed by atoms with Crippen molar-refractivity contribution >= 4 is 15.9 Å². The van der Waals surface area contributed by atoms with Crippen molar-refractivity contribution in [2.45, 2.75) is 30.7 Å². The van der Waals surface area contributed by atoms with E-state index >= 15 is 0 Å². The van der Waals surface area contributed by atoms with E-state index in [-0.39, 0.29) is 0 Å². The molecule has 0 spiro atoms. The van der Waals surface area contributed by atoms with Crippen LogP contribution in [0.5, 0.6) is 0 Å². The van der Waals surface area contributed by atoms with Gasteiger partial charge in [-0.3, -0.25) is 0 Å². The van der Waals surface area contributed by atoms with Gasteiger partial charge in [-0.15, -0.1) is 0 Å². The third-order valence-corrected chi connectivity index (χ3v) is 2.63. The van der Waals surface area contributed by atoms with E-state index in [1.54, 1.807) is 0 Å². The van der Waals surface area contributed by atoms with Crippen LogP contribution in [0.25, 0.3) is 0 Å². The van der Waals surface area contributed by atoms with E-state index in [9.17, 15) is 0 Å². The Bertz CT molecular complexity index is 122. The monoisotopic (exact) mass is 204 g/mol. The van der Waals surface area contributed by atoms with Crippen molar-refractivity contribution in [2.24, 2.45) is 0 Å². The lowest BCUT2D eigenvalue weighted by atomic mass is 10.1. The number of allylic oxidation sites excluding steroid dienone is 1. The number of hydrogen-bond acceptors (Lipinski definition) is 1. The van der Waals surface area contributed by atoms with Crippen LogP contribution in [0, 0.1) is 0 Å². The van der Waals surface area contributed by atoms with E-state index in [0.717, 1.165) is 6.61 Å². The predicted molar refractivity (Wildman–Crippen MR) is 46.5 cm³/mol. The van der Waals surface area contributed by atoms with Gasteiger partial charge in [0.05, 0.1) is 6.10 Å². The molecule has 0 radical (unpaired) electrons. The van der Waals surface area contributed by atoms with Crippen molar-refractivity contribution in [2.75, 3.05) is 6.61 Å². The summed E-state index contributed by atoms with van der Waals surface area (Å²) in [7, 11) is 0. The largest absolute Gasteiger partial charge is 0.373 e. The molecule has 0 fully saturated rings. The molecule has 0 aromatic rings. The second kappa shape index (κ2) is 4.14. The van der Waals surface area contributed by atoms with Crippen LogP contribution in [0.1, 0.15) is 19.8 Å². The van der Waals surface area contributed by atoms with Crippen LogP contribution < -0.4 is 0 Å². The van der Waals surface area contributed by atoms with Gasteiger partial charge in [-0.05, 0) is 19.8 Å². The summed E-state index contributed by atoms with van der Waals surface area (Å²) in [6.45, 7) is 2.83. The lowest BCUT2D eigenvalue weighted by molar-refractivity contribution is 0.0915. The first-order valence-corrected chi connectivity index (χ1v) is 4.68. The molecule has 0 saturated heterocycles. The van der Waals surface area contributed by atoms with Crippen molar-refractivity contribution in [3.63, 3.8) is 0 Å². The first-order valence-electron chi connectivity index (χ1n) is 3.77.